The van der Waals surface area contributed by atoms with Crippen molar-refractivity contribution in [2.24, 2.45) is 0 Å². The van der Waals surface area contributed by atoms with Crippen LogP contribution in [0.25, 0.3) is 0 Å². The molecule has 0 fully saturated rings. The first kappa shape index (κ1) is 14.4. The van der Waals surface area contributed by atoms with Crippen LogP contribution in [0.1, 0.15) is 5.56 Å². The highest BCUT2D eigenvalue weighted by atomic mass is 32.2. The van der Waals surface area contributed by atoms with Gasteiger partial charge in [0, 0.05) is 19.8 Å². The van der Waals surface area contributed by atoms with E-state index in [1.807, 2.05) is 11.8 Å². The lowest BCUT2D eigenvalue weighted by atomic mass is 10.2. The second kappa shape index (κ2) is 6.31. The molecule has 0 atom stereocenters. The molecular formula is C14H23NSSi. The van der Waals surface area contributed by atoms with Crippen LogP contribution in [0.3, 0.4) is 0 Å². The summed E-state index contributed by atoms with van der Waals surface area (Å²) < 4.78 is 0. The van der Waals surface area contributed by atoms with Gasteiger partial charge in [0.1, 0.15) is 0 Å². The molecule has 94 valence electrons. The highest BCUT2D eigenvalue weighted by Gasteiger charge is 2.12. The fraction of sp³-hybridized carbons (Fsp3) is 0.429. The predicted molar refractivity (Wildman–Crippen MR) is 82.9 cm³/mol. The van der Waals surface area contributed by atoms with Crippen LogP contribution in [0.2, 0.25) is 19.6 Å². The molecule has 1 nitrogen and oxygen atoms in total. The van der Waals surface area contributed by atoms with Crippen molar-refractivity contribution in [1.82, 2.24) is 4.90 Å². The van der Waals surface area contributed by atoms with Gasteiger partial charge in [0.05, 0.1) is 13.1 Å². The minimum Gasteiger partial charge on any atom is -0.373 e. The molecule has 0 saturated heterocycles. The smallest absolute Gasteiger partial charge is 0.0720 e. The molecule has 3 heteroatoms. The van der Waals surface area contributed by atoms with Gasteiger partial charge in [-0.2, -0.15) is 0 Å². The Labute approximate surface area is 111 Å². The van der Waals surface area contributed by atoms with E-state index >= 15 is 0 Å². The van der Waals surface area contributed by atoms with Gasteiger partial charge in [0.25, 0.3) is 0 Å². The zero-order valence-corrected chi connectivity index (χ0v) is 13.3. The molecule has 0 N–H and O–H groups in total. The molecule has 0 spiro atoms. The Hall–Kier alpha value is -0.673. The molecule has 0 aromatic heterocycles. The van der Waals surface area contributed by atoms with E-state index in [1.54, 1.807) is 0 Å². The van der Waals surface area contributed by atoms with Gasteiger partial charge >= 0.3 is 0 Å². The van der Waals surface area contributed by atoms with Crippen LogP contribution in [0.5, 0.6) is 0 Å². The summed E-state index contributed by atoms with van der Waals surface area (Å²) in [6, 6.07) is 10.7. The number of hydrogen-bond donors (Lipinski definition) is 0. The van der Waals surface area contributed by atoms with Crippen molar-refractivity contribution in [3.8, 4) is 0 Å². The average molecular weight is 265 g/mol. The van der Waals surface area contributed by atoms with Gasteiger partial charge in [-0.15, -0.1) is 11.8 Å². The Kier molecular flexibility index (Phi) is 5.34. The maximum absolute atomic E-state index is 2.47. The molecule has 0 unspecified atom stereocenters. The summed E-state index contributed by atoms with van der Waals surface area (Å²) >= 11 is 1.93. The van der Waals surface area contributed by atoms with E-state index in [9.17, 15) is 0 Å². The monoisotopic (exact) mass is 265 g/mol. The average Bonchev–Trinajstić information content (AvgIpc) is 2.24. The van der Waals surface area contributed by atoms with Crippen molar-refractivity contribution in [3.63, 3.8) is 0 Å². The lowest BCUT2D eigenvalue weighted by molar-refractivity contribution is 0.551. The lowest BCUT2D eigenvalue weighted by Crippen LogP contribution is -2.20. The summed E-state index contributed by atoms with van der Waals surface area (Å²) in [6.45, 7) is 7.12. The van der Waals surface area contributed by atoms with Crippen molar-refractivity contribution >= 4 is 19.8 Å². The Morgan fingerprint density at radius 2 is 1.76 bits per heavy atom. The van der Waals surface area contributed by atoms with Crippen molar-refractivity contribution in [2.75, 3.05) is 14.1 Å². The number of hydrogen-bond acceptors (Lipinski definition) is 2. The van der Waals surface area contributed by atoms with E-state index in [1.165, 1.54) is 10.6 Å². The molecule has 0 aliphatic carbocycles. The fourth-order valence-corrected chi connectivity index (χ4v) is 4.56. The van der Waals surface area contributed by atoms with Crippen LogP contribution in [-0.2, 0) is 5.75 Å². The highest BCUT2D eigenvalue weighted by Crippen LogP contribution is 2.24. The minimum atomic E-state index is -1.15. The molecule has 1 rings (SSSR count). The van der Waals surface area contributed by atoms with E-state index in [-0.39, 0.29) is 0 Å². The molecule has 1 aromatic rings. The Balaban J connectivity index is 2.67. The second-order valence-corrected chi connectivity index (χ2v) is 11.5. The lowest BCUT2D eigenvalue weighted by Gasteiger charge is -2.21. The summed E-state index contributed by atoms with van der Waals surface area (Å²) in [5.74, 6) is 1.05. The minimum absolute atomic E-state index is 1.05. The first-order valence-corrected chi connectivity index (χ1v) is 10.5. The number of nitrogens with zero attached hydrogens (tertiary/aromatic N) is 1. The molecule has 0 heterocycles. The van der Waals surface area contributed by atoms with Crippen molar-refractivity contribution in [2.45, 2.75) is 25.4 Å². The third-order valence-corrected chi connectivity index (χ3v) is 4.83. The summed E-state index contributed by atoms with van der Waals surface area (Å²) in [5.41, 5.74) is 3.86. The first-order valence-electron chi connectivity index (χ1n) is 5.95. The SMILES string of the molecule is CN(C)C(=C[Si](C)(C)C)SCc1ccccc1. The van der Waals surface area contributed by atoms with Crippen LogP contribution in [0, 0.1) is 0 Å². The fourth-order valence-electron chi connectivity index (χ4n) is 1.40. The zero-order chi connectivity index (χ0) is 12.9. The van der Waals surface area contributed by atoms with Gasteiger partial charge in [0.15, 0.2) is 0 Å². The Morgan fingerprint density at radius 3 is 2.24 bits per heavy atom. The van der Waals surface area contributed by atoms with Crippen LogP contribution in [0.4, 0.5) is 0 Å². The molecule has 0 radical (unpaired) electrons. The van der Waals surface area contributed by atoms with Crippen LogP contribution in [0.15, 0.2) is 41.1 Å². The third kappa shape index (κ3) is 5.98. The van der Waals surface area contributed by atoms with E-state index in [4.69, 9.17) is 0 Å². The predicted octanol–water partition coefficient (Wildman–Crippen LogP) is 4.20. The van der Waals surface area contributed by atoms with Crippen molar-refractivity contribution in [1.29, 1.82) is 0 Å². The van der Waals surface area contributed by atoms with Gasteiger partial charge in [0.2, 0.25) is 0 Å². The van der Waals surface area contributed by atoms with Gasteiger partial charge in [-0.3, -0.25) is 0 Å². The van der Waals surface area contributed by atoms with Gasteiger partial charge in [-0.25, -0.2) is 0 Å². The third-order valence-electron chi connectivity index (χ3n) is 2.23. The second-order valence-electron chi connectivity index (χ2n) is 5.52. The standard InChI is InChI=1S/C14H23NSSi/c1-15(2)14(12-17(3,4)5)16-11-13-9-7-6-8-10-13/h6-10,12H,11H2,1-5H3. The zero-order valence-electron chi connectivity index (χ0n) is 11.5. The molecule has 0 saturated carbocycles. The summed E-state index contributed by atoms with van der Waals surface area (Å²) in [7, 11) is 3.11. The van der Waals surface area contributed by atoms with Gasteiger partial charge in [-0.1, -0.05) is 55.7 Å². The van der Waals surface area contributed by atoms with Crippen molar-refractivity contribution < 1.29 is 0 Å². The Morgan fingerprint density at radius 1 is 1.18 bits per heavy atom. The number of thioether (sulfide) groups is 1. The first-order chi connectivity index (χ1) is 7.88. The quantitative estimate of drug-likeness (QED) is 0.734. The maximum Gasteiger partial charge on any atom is 0.0720 e. The molecule has 1 aromatic carbocycles. The van der Waals surface area contributed by atoms with Crippen LogP contribution in [-0.4, -0.2) is 27.1 Å². The number of benzene rings is 1. The Bertz CT molecular complexity index is 366. The molecule has 0 amide bonds. The summed E-state index contributed by atoms with van der Waals surface area (Å²) in [5, 5.41) is 1.40. The van der Waals surface area contributed by atoms with Crippen LogP contribution < -0.4 is 0 Å². The van der Waals surface area contributed by atoms with Crippen LogP contribution >= 0.6 is 11.8 Å². The van der Waals surface area contributed by atoms with E-state index in [0.717, 1.165) is 5.75 Å². The molecule has 0 bridgehead atoms. The topological polar surface area (TPSA) is 3.24 Å². The van der Waals surface area contributed by atoms with Gasteiger partial charge in [-0.05, 0) is 5.56 Å². The number of rotatable bonds is 5. The summed E-state index contributed by atoms with van der Waals surface area (Å²) in [4.78, 5) is 2.23. The highest BCUT2D eigenvalue weighted by molar-refractivity contribution is 8.02. The molecule has 0 aliphatic rings. The summed E-state index contributed by atoms with van der Waals surface area (Å²) in [6.07, 6.45) is 0. The maximum atomic E-state index is 2.47. The molecule has 17 heavy (non-hydrogen) atoms. The van der Waals surface area contributed by atoms with Gasteiger partial charge < -0.3 is 4.90 Å². The normalized spacial score (nSPS) is 12.6. The molecular weight excluding hydrogens is 242 g/mol. The van der Waals surface area contributed by atoms with Crippen molar-refractivity contribution in [3.05, 3.63) is 46.6 Å². The van der Waals surface area contributed by atoms with E-state index < -0.39 is 8.07 Å². The van der Waals surface area contributed by atoms with E-state index in [2.05, 4.69) is 74.7 Å². The largest absolute Gasteiger partial charge is 0.373 e. The van der Waals surface area contributed by atoms with E-state index in [0.29, 0.717) is 0 Å². The molecule has 0 aliphatic heterocycles.